The van der Waals surface area contributed by atoms with Crippen molar-refractivity contribution < 1.29 is 0 Å². The molecule has 0 saturated carbocycles. The van der Waals surface area contributed by atoms with E-state index in [1.165, 1.54) is 12.1 Å². The van der Waals surface area contributed by atoms with Crippen LogP contribution in [-0.2, 0) is 0 Å². The van der Waals surface area contributed by atoms with Gasteiger partial charge in [-0.15, -0.1) is 0 Å². The quantitative estimate of drug-likeness (QED) is 0.471. The fraction of sp³-hybridized carbons (Fsp3) is 0. The Morgan fingerprint density at radius 2 is 1.30 bits per heavy atom. The molecule has 2 rings (SSSR count). The SMILES string of the molecule is N#Cc1c(Cl)c(Cl)c(Nc2c(Cl)cc(N)cc2Cl)c(C#N)c1Cl. The summed E-state index contributed by atoms with van der Waals surface area (Å²) in [5, 5.41) is 21.4. The molecule has 0 unspecified atom stereocenters. The Morgan fingerprint density at radius 3 is 1.78 bits per heavy atom. The standard InChI is InChI=1S/C14H5Cl5N4/c15-8-1-5(22)2-9(16)14(8)23-13-7(4-21)10(17)6(3-20)11(18)12(13)19/h1-2,23H,22H2. The normalized spacial score (nSPS) is 10.0. The lowest BCUT2D eigenvalue weighted by Gasteiger charge is -2.16. The van der Waals surface area contributed by atoms with E-state index in [4.69, 9.17) is 69.0 Å². The van der Waals surface area contributed by atoms with Crippen molar-refractivity contribution in [2.24, 2.45) is 0 Å². The molecule has 0 amide bonds. The summed E-state index contributed by atoms with van der Waals surface area (Å²) in [6, 6.07) is 6.63. The number of nitrogens with two attached hydrogens (primary N) is 1. The summed E-state index contributed by atoms with van der Waals surface area (Å²) in [6.45, 7) is 0. The molecule has 0 aliphatic heterocycles. The van der Waals surface area contributed by atoms with Gasteiger partial charge in [0.05, 0.1) is 47.6 Å². The van der Waals surface area contributed by atoms with Crippen LogP contribution < -0.4 is 11.1 Å². The van der Waals surface area contributed by atoms with Crippen LogP contribution in [0.15, 0.2) is 12.1 Å². The van der Waals surface area contributed by atoms with Gasteiger partial charge < -0.3 is 11.1 Å². The Bertz CT molecular complexity index is 873. The molecular weight excluding hydrogens is 401 g/mol. The van der Waals surface area contributed by atoms with Crippen LogP contribution in [0.5, 0.6) is 0 Å². The summed E-state index contributed by atoms with van der Waals surface area (Å²) in [4.78, 5) is 0. The highest BCUT2D eigenvalue weighted by atomic mass is 35.5. The van der Waals surface area contributed by atoms with Crippen molar-refractivity contribution in [1.82, 2.24) is 0 Å². The number of nitrogens with zero attached hydrogens (tertiary/aromatic N) is 2. The molecule has 2 aromatic carbocycles. The molecule has 0 radical (unpaired) electrons. The van der Waals surface area contributed by atoms with Gasteiger partial charge in [0.25, 0.3) is 0 Å². The van der Waals surface area contributed by atoms with Crippen molar-refractivity contribution >= 4 is 75.1 Å². The Labute approximate surface area is 156 Å². The molecule has 0 aliphatic rings. The van der Waals surface area contributed by atoms with Crippen LogP contribution in [0.3, 0.4) is 0 Å². The minimum Gasteiger partial charge on any atom is -0.399 e. The summed E-state index contributed by atoms with van der Waals surface area (Å²) in [6.07, 6.45) is 0. The zero-order valence-electron chi connectivity index (χ0n) is 11.0. The van der Waals surface area contributed by atoms with Crippen molar-refractivity contribution in [1.29, 1.82) is 10.5 Å². The maximum absolute atomic E-state index is 9.32. The summed E-state index contributed by atoms with van der Waals surface area (Å²) < 4.78 is 0. The number of halogens is 5. The van der Waals surface area contributed by atoms with Gasteiger partial charge in [-0.05, 0) is 12.1 Å². The average molecular weight is 406 g/mol. The van der Waals surface area contributed by atoms with Gasteiger partial charge in [0, 0.05) is 5.69 Å². The molecule has 0 aliphatic carbocycles. The number of nitrogens with one attached hydrogen (secondary N) is 1. The predicted molar refractivity (Wildman–Crippen MR) is 95.1 cm³/mol. The summed E-state index contributed by atoms with van der Waals surface area (Å²) >= 11 is 30.4. The summed E-state index contributed by atoms with van der Waals surface area (Å²) in [5.74, 6) is 0. The van der Waals surface area contributed by atoms with E-state index in [-0.39, 0.29) is 47.6 Å². The van der Waals surface area contributed by atoms with Crippen molar-refractivity contribution in [3.8, 4) is 12.1 Å². The number of nitriles is 2. The van der Waals surface area contributed by atoms with E-state index in [1.54, 1.807) is 6.07 Å². The van der Waals surface area contributed by atoms with Crippen LogP contribution in [0.4, 0.5) is 17.1 Å². The number of benzene rings is 2. The molecule has 4 nitrogen and oxygen atoms in total. The number of anilines is 3. The largest absolute Gasteiger partial charge is 0.399 e. The maximum atomic E-state index is 9.32. The fourth-order valence-electron chi connectivity index (χ4n) is 1.82. The van der Waals surface area contributed by atoms with Gasteiger partial charge in [0.15, 0.2) is 0 Å². The lowest BCUT2D eigenvalue weighted by atomic mass is 10.1. The lowest BCUT2D eigenvalue weighted by molar-refractivity contribution is 1.43. The van der Waals surface area contributed by atoms with Crippen LogP contribution in [0.2, 0.25) is 25.1 Å². The highest BCUT2D eigenvalue weighted by Gasteiger charge is 2.22. The smallest absolute Gasteiger partial charge is 0.103 e. The number of nitrogen functional groups attached to an aromatic ring is 1. The lowest BCUT2D eigenvalue weighted by Crippen LogP contribution is -2.00. The zero-order chi connectivity index (χ0) is 17.3. The van der Waals surface area contributed by atoms with E-state index >= 15 is 0 Å². The van der Waals surface area contributed by atoms with Gasteiger partial charge in [-0.2, -0.15) is 10.5 Å². The minimum atomic E-state index is -0.116. The number of hydrogen-bond donors (Lipinski definition) is 2. The highest BCUT2D eigenvalue weighted by molar-refractivity contribution is 6.47. The van der Waals surface area contributed by atoms with Crippen LogP contribution in [0.1, 0.15) is 11.1 Å². The van der Waals surface area contributed by atoms with E-state index in [0.29, 0.717) is 5.69 Å². The van der Waals surface area contributed by atoms with E-state index < -0.39 is 0 Å². The van der Waals surface area contributed by atoms with Gasteiger partial charge in [-0.3, -0.25) is 0 Å². The molecule has 0 fully saturated rings. The van der Waals surface area contributed by atoms with Gasteiger partial charge in [-0.1, -0.05) is 58.0 Å². The summed E-state index contributed by atoms with van der Waals surface area (Å²) in [7, 11) is 0. The zero-order valence-corrected chi connectivity index (χ0v) is 14.8. The predicted octanol–water partition coefficient (Wildman–Crippen LogP) is 6.02. The topological polar surface area (TPSA) is 85.6 Å². The molecule has 0 bridgehead atoms. The highest BCUT2D eigenvalue weighted by Crippen LogP contribution is 2.44. The second-order valence-electron chi connectivity index (χ2n) is 4.28. The molecule has 0 spiro atoms. The van der Waals surface area contributed by atoms with Crippen LogP contribution in [0, 0.1) is 22.7 Å². The summed E-state index contributed by atoms with van der Waals surface area (Å²) in [5.41, 5.74) is 6.24. The molecular formula is C14H5Cl5N4. The third-order valence-corrected chi connectivity index (χ3v) is 4.69. The van der Waals surface area contributed by atoms with Crippen molar-refractivity contribution in [2.75, 3.05) is 11.1 Å². The van der Waals surface area contributed by atoms with Gasteiger partial charge >= 0.3 is 0 Å². The van der Waals surface area contributed by atoms with Gasteiger partial charge in [-0.25, -0.2) is 0 Å². The molecule has 0 aromatic heterocycles. The molecule has 0 heterocycles. The molecule has 23 heavy (non-hydrogen) atoms. The third-order valence-electron chi connectivity index (χ3n) is 2.86. The molecule has 0 saturated heterocycles. The van der Waals surface area contributed by atoms with E-state index in [1.807, 2.05) is 6.07 Å². The van der Waals surface area contributed by atoms with Crippen molar-refractivity contribution in [3.05, 3.63) is 48.4 Å². The Balaban J connectivity index is 2.72. The van der Waals surface area contributed by atoms with Crippen molar-refractivity contribution in [3.63, 3.8) is 0 Å². The van der Waals surface area contributed by atoms with E-state index in [0.717, 1.165) is 0 Å². The first-order valence-corrected chi connectivity index (χ1v) is 7.73. The molecule has 2 aromatic rings. The van der Waals surface area contributed by atoms with E-state index in [2.05, 4.69) is 5.32 Å². The number of rotatable bonds is 2. The van der Waals surface area contributed by atoms with E-state index in [9.17, 15) is 5.26 Å². The average Bonchev–Trinajstić information content (AvgIpc) is 2.48. The van der Waals surface area contributed by atoms with Crippen LogP contribution >= 0.6 is 58.0 Å². The molecule has 116 valence electrons. The molecule has 9 heteroatoms. The monoisotopic (exact) mass is 404 g/mol. The minimum absolute atomic E-state index is 0.0480. The third kappa shape index (κ3) is 3.23. The van der Waals surface area contributed by atoms with Crippen LogP contribution in [0.25, 0.3) is 0 Å². The Hall–Kier alpha value is -1.53. The van der Waals surface area contributed by atoms with Crippen LogP contribution in [-0.4, -0.2) is 0 Å². The first kappa shape index (κ1) is 17.8. The first-order chi connectivity index (χ1) is 10.8. The fourth-order valence-corrected chi connectivity index (χ4v) is 3.21. The number of hydrogen-bond acceptors (Lipinski definition) is 4. The second-order valence-corrected chi connectivity index (χ2v) is 6.22. The second kappa shape index (κ2) is 6.93. The van der Waals surface area contributed by atoms with Gasteiger partial charge in [0.1, 0.15) is 12.1 Å². The first-order valence-electron chi connectivity index (χ1n) is 5.84. The maximum Gasteiger partial charge on any atom is 0.103 e. The Kier molecular flexibility index (Phi) is 5.37. The Morgan fingerprint density at radius 1 is 0.783 bits per heavy atom. The van der Waals surface area contributed by atoms with Gasteiger partial charge in [0.2, 0.25) is 0 Å². The van der Waals surface area contributed by atoms with Crippen molar-refractivity contribution in [2.45, 2.75) is 0 Å². The molecule has 0 atom stereocenters. The molecule has 3 N–H and O–H groups in total.